The summed E-state index contributed by atoms with van der Waals surface area (Å²) in [5, 5.41) is 10.4. The third-order valence-corrected chi connectivity index (χ3v) is 2.59. The molecule has 0 aliphatic rings. The van der Waals surface area contributed by atoms with Crippen LogP contribution in [0.3, 0.4) is 0 Å². The SMILES string of the molecule is OC(Cc1ccccc1)Oc1ccc(Cl)cc1. The first-order valence-corrected chi connectivity index (χ1v) is 5.76. The molecule has 2 aromatic rings. The Morgan fingerprint density at radius 2 is 1.65 bits per heavy atom. The van der Waals surface area contributed by atoms with Crippen LogP contribution in [0.4, 0.5) is 0 Å². The molecule has 0 bridgehead atoms. The van der Waals surface area contributed by atoms with Gasteiger partial charge in [-0.15, -0.1) is 0 Å². The van der Waals surface area contributed by atoms with Gasteiger partial charge in [-0.1, -0.05) is 41.9 Å². The Bertz CT molecular complexity index is 453. The zero-order valence-electron chi connectivity index (χ0n) is 9.21. The molecule has 1 atom stereocenters. The van der Waals surface area contributed by atoms with Crippen molar-refractivity contribution in [2.45, 2.75) is 12.7 Å². The molecule has 0 amide bonds. The molecule has 1 unspecified atom stereocenters. The minimum atomic E-state index is -0.849. The minimum Gasteiger partial charge on any atom is -0.465 e. The van der Waals surface area contributed by atoms with Gasteiger partial charge in [0, 0.05) is 11.4 Å². The third-order valence-electron chi connectivity index (χ3n) is 2.34. The van der Waals surface area contributed by atoms with Crippen LogP contribution in [0.2, 0.25) is 5.02 Å². The highest BCUT2D eigenvalue weighted by molar-refractivity contribution is 6.30. The highest BCUT2D eigenvalue weighted by atomic mass is 35.5. The molecule has 88 valence electrons. The predicted molar refractivity (Wildman–Crippen MR) is 68.2 cm³/mol. The fraction of sp³-hybridized carbons (Fsp3) is 0.143. The maximum Gasteiger partial charge on any atom is 0.201 e. The van der Waals surface area contributed by atoms with E-state index in [1.54, 1.807) is 24.3 Å². The molecular formula is C14H13ClO2. The van der Waals surface area contributed by atoms with Gasteiger partial charge in [-0.05, 0) is 29.8 Å². The van der Waals surface area contributed by atoms with Gasteiger partial charge in [-0.3, -0.25) is 0 Å². The van der Waals surface area contributed by atoms with Crippen molar-refractivity contribution in [3.63, 3.8) is 0 Å². The van der Waals surface area contributed by atoms with E-state index in [1.165, 1.54) is 0 Å². The quantitative estimate of drug-likeness (QED) is 0.842. The van der Waals surface area contributed by atoms with Crippen molar-refractivity contribution < 1.29 is 9.84 Å². The first kappa shape index (κ1) is 12.0. The summed E-state index contributed by atoms with van der Waals surface area (Å²) >= 11 is 5.76. The van der Waals surface area contributed by atoms with Crippen molar-refractivity contribution in [2.75, 3.05) is 0 Å². The van der Waals surface area contributed by atoms with E-state index in [0.717, 1.165) is 5.56 Å². The van der Waals surface area contributed by atoms with Crippen molar-refractivity contribution >= 4 is 11.6 Å². The van der Waals surface area contributed by atoms with Gasteiger partial charge in [-0.2, -0.15) is 0 Å². The summed E-state index contributed by atoms with van der Waals surface area (Å²) in [6.07, 6.45) is -0.387. The molecule has 0 radical (unpaired) electrons. The van der Waals surface area contributed by atoms with E-state index in [4.69, 9.17) is 16.3 Å². The summed E-state index contributed by atoms with van der Waals surface area (Å²) in [6, 6.07) is 16.6. The molecule has 0 aliphatic carbocycles. The fourth-order valence-electron chi connectivity index (χ4n) is 1.53. The number of hydrogen-bond donors (Lipinski definition) is 1. The molecule has 2 aromatic carbocycles. The summed E-state index contributed by atoms with van der Waals surface area (Å²) in [7, 11) is 0. The molecular weight excluding hydrogens is 236 g/mol. The summed E-state index contributed by atoms with van der Waals surface area (Å²) in [6.45, 7) is 0. The number of aliphatic hydroxyl groups excluding tert-OH is 1. The van der Waals surface area contributed by atoms with Crippen LogP contribution in [-0.2, 0) is 6.42 Å². The van der Waals surface area contributed by atoms with Crippen LogP contribution in [0, 0.1) is 0 Å². The topological polar surface area (TPSA) is 29.5 Å². The minimum absolute atomic E-state index is 0.462. The number of ether oxygens (including phenoxy) is 1. The molecule has 0 saturated heterocycles. The molecule has 17 heavy (non-hydrogen) atoms. The lowest BCUT2D eigenvalue weighted by Crippen LogP contribution is -2.18. The average molecular weight is 249 g/mol. The lowest BCUT2D eigenvalue weighted by molar-refractivity contribution is -0.0158. The Hall–Kier alpha value is -1.51. The zero-order chi connectivity index (χ0) is 12.1. The van der Waals surface area contributed by atoms with Gasteiger partial charge >= 0.3 is 0 Å². The summed E-state index contributed by atoms with van der Waals surface area (Å²) < 4.78 is 5.37. The zero-order valence-corrected chi connectivity index (χ0v) is 9.97. The molecule has 0 aromatic heterocycles. The number of halogens is 1. The smallest absolute Gasteiger partial charge is 0.201 e. The largest absolute Gasteiger partial charge is 0.465 e. The van der Waals surface area contributed by atoms with Gasteiger partial charge in [0.1, 0.15) is 5.75 Å². The molecule has 0 heterocycles. The second-order valence-electron chi connectivity index (χ2n) is 3.72. The lowest BCUT2D eigenvalue weighted by atomic mass is 10.1. The van der Waals surface area contributed by atoms with Crippen LogP contribution >= 0.6 is 11.6 Å². The van der Waals surface area contributed by atoms with Gasteiger partial charge in [0.25, 0.3) is 0 Å². The van der Waals surface area contributed by atoms with Crippen molar-refractivity contribution in [1.29, 1.82) is 0 Å². The van der Waals surface area contributed by atoms with Crippen molar-refractivity contribution in [2.24, 2.45) is 0 Å². The molecule has 2 nitrogen and oxygen atoms in total. The number of rotatable bonds is 4. The predicted octanol–water partition coefficient (Wildman–Crippen LogP) is 3.28. The average Bonchev–Trinajstić information content (AvgIpc) is 2.33. The van der Waals surface area contributed by atoms with E-state index >= 15 is 0 Å². The van der Waals surface area contributed by atoms with E-state index in [0.29, 0.717) is 17.2 Å². The summed E-state index contributed by atoms with van der Waals surface area (Å²) in [5.74, 6) is 0.609. The highest BCUT2D eigenvalue weighted by Gasteiger charge is 2.06. The number of hydrogen-bond acceptors (Lipinski definition) is 2. The maximum absolute atomic E-state index is 9.77. The second-order valence-corrected chi connectivity index (χ2v) is 4.15. The summed E-state index contributed by atoms with van der Waals surface area (Å²) in [4.78, 5) is 0. The van der Waals surface area contributed by atoms with Crippen LogP contribution in [0.1, 0.15) is 5.56 Å². The Morgan fingerprint density at radius 1 is 1.00 bits per heavy atom. The standard InChI is InChI=1S/C14H13ClO2/c15-12-6-8-13(9-7-12)17-14(16)10-11-4-2-1-3-5-11/h1-9,14,16H,10H2. The van der Waals surface area contributed by atoms with Gasteiger partial charge in [0.05, 0.1) is 0 Å². The van der Waals surface area contributed by atoms with E-state index in [2.05, 4.69) is 0 Å². The molecule has 2 rings (SSSR count). The fourth-order valence-corrected chi connectivity index (χ4v) is 1.65. The molecule has 0 fully saturated rings. The Kier molecular flexibility index (Phi) is 4.02. The van der Waals surface area contributed by atoms with E-state index in [1.807, 2.05) is 30.3 Å². The highest BCUT2D eigenvalue weighted by Crippen LogP contribution is 2.17. The normalized spacial score (nSPS) is 12.1. The van der Waals surface area contributed by atoms with Crippen LogP contribution in [0.5, 0.6) is 5.75 Å². The second kappa shape index (κ2) is 5.71. The van der Waals surface area contributed by atoms with E-state index in [-0.39, 0.29) is 0 Å². The Balaban J connectivity index is 1.93. The maximum atomic E-state index is 9.77. The monoisotopic (exact) mass is 248 g/mol. The van der Waals surface area contributed by atoms with Crippen molar-refractivity contribution in [3.8, 4) is 5.75 Å². The van der Waals surface area contributed by atoms with E-state index in [9.17, 15) is 5.11 Å². The third kappa shape index (κ3) is 3.77. The first-order valence-electron chi connectivity index (χ1n) is 5.38. The van der Waals surface area contributed by atoms with Crippen LogP contribution in [0.15, 0.2) is 54.6 Å². The Labute approximate surface area is 105 Å². The molecule has 0 aliphatic heterocycles. The van der Waals surface area contributed by atoms with Crippen molar-refractivity contribution in [1.82, 2.24) is 0 Å². The molecule has 0 spiro atoms. The number of benzene rings is 2. The molecule has 0 saturated carbocycles. The van der Waals surface area contributed by atoms with Crippen LogP contribution in [-0.4, -0.2) is 11.4 Å². The van der Waals surface area contributed by atoms with Gasteiger partial charge in [0.2, 0.25) is 6.29 Å². The van der Waals surface area contributed by atoms with E-state index < -0.39 is 6.29 Å². The van der Waals surface area contributed by atoms with Crippen LogP contribution < -0.4 is 4.74 Å². The van der Waals surface area contributed by atoms with Crippen molar-refractivity contribution in [3.05, 3.63) is 65.2 Å². The van der Waals surface area contributed by atoms with Gasteiger partial charge in [0.15, 0.2) is 0 Å². The molecule has 3 heteroatoms. The summed E-state index contributed by atoms with van der Waals surface area (Å²) in [5.41, 5.74) is 1.04. The number of aliphatic hydroxyl groups is 1. The van der Waals surface area contributed by atoms with Gasteiger partial charge < -0.3 is 9.84 Å². The van der Waals surface area contributed by atoms with Gasteiger partial charge in [-0.25, -0.2) is 0 Å². The lowest BCUT2D eigenvalue weighted by Gasteiger charge is -2.13. The Morgan fingerprint density at radius 3 is 2.29 bits per heavy atom. The molecule has 1 N–H and O–H groups in total. The first-order chi connectivity index (χ1) is 8.24. The van der Waals surface area contributed by atoms with Crippen LogP contribution in [0.25, 0.3) is 0 Å².